The Bertz CT molecular complexity index is 273. The van der Waals surface area contributed by atoms with E-state index in [1.807, 2.05) is 6.92 Å². The SMILES string of the molecule is COP(=O)(OC)O/C(C)=C\C=C(/C)Br. The first kappa shape index (κ1) is 13.9. The Morgan fingerprint density at radius 1 is 1.21 bits per heavy atom. The molecule has 0 amide bonds. The standard InChI is InChI=1S/C8H14BrO4P/c1-7(9)5-6-8(2)13-14(10,11-3)12-4/h5-6H,1-4H3/b7-5+,8-6-. The molecule has 82 valence electrons. The molecular formula is C8H14BrO4P. The van der Waals surface area contributed by atoms with Gasteiger partial charge in [-0.25, -0.2) is 4.57 Å². The number of phosphoric acid groups is 1. The minimum Gasteiger partial charge on any atom is -0.409 e. The molecule has 0 aromatic heterocycles. The first-order chi connectivity index (χ1) is 6.43. The van der Waals surface area contributed by atoms with E-state index in [9.17, 15) is 4.57 Å². The molecule has 0 aromatic rings. The second kappa shape index (κ2) is 6.40. The largest absolute Gasteiger partial charge is 0.529 e. The van der Waals surface area contributed by atoms with Crippen LogP contribution in [-0.4, -0.2) is 14.2 Å². The maximum atomic E-state index is 11.5. The third-order valence-electron chi connectivity index (χ3n) is 1.25. The molecule has 0 radical (unpaired) electrons. The lowest BCUT2D eigenvalue weighted by molar-refractivity contribution is 0.183. The molecule has 0 aliphatic heterocycles. The molecule has 0 spiro atoms. The average molecular weight is 285 g/mol. The van der Waals surface area contributed by atoms with Crippen molar-refractivity contribution in [3.05, 3.63) is 22.4 Å². The lowest BCUT2D eigenvalue weighted by Gasteiger charge is -2.13. The van der Waals surface area contributed by atoms with Gasteiger partial charge in [-0.3, -0.25) is 9.05 Å². The number of phosphoric ester groups is 1. The molecule has 0 atom stereocenters. The molecule has 0 aliphatic rings. The number of hydrogen-bond donors (Lipinski definition) is 0. The Hall–Kier alpha value is -0.0900. The maximum Gasteiger partial charge on any atom is 0.529 e. The Morgan fingerprint density at radius 2 is 1.71 bits per heavy atom. The van der Waals surface area contributed by atoms with Crippen LogP contribution in [0.15, 0.2) is 22.4 Å². The second-order valence-corrected chi connectivity index (χ2v) is 5.49. The summed E-state index contributed by atoms with van der Waals surface area (Å²) in [6.45, 7) is 3.53. The number of halogens is 1. The van der Waals surface area contributed by atoms with Crippen molar-refractivity contribution in [1.29, 1.82) is 0 Å². The minimum atomic E-state index is -3.41. The summed E-state index contributed by atoms with van der Waals surface area (Å²) >= 11 is 3.25. The van der Waals surface area contributed by atoms with Gasteiger partial charge in [-0.05, 0) is 30.5 Å². The maximum absolute atomic E-state index is 11.5. The van der Waals surface area contributed by atoms with Crippen molar-refractivity contribution in [2.24, 2.45) is 0 Å². The Kier molecular flexibility index (Phi) is 6.36. The van der Waals surface area contributed by atoms with Crippen molar-refractivity contribution in [2.75, 3.05) is 14.2 Å². The molecule has 0 unspecified atom stereocenters. The molecule has 0 heterocycles. The van der Waals surface area contributed by atoms with Gasteiger partial charge in [-0.15, -0.1) is 0 Å². The van der Waals surface area contributed by atoms with Crippen LogP contribution < -0.4 is 0 Å². The van der Waals surface area contributed by atoms with E-state index in [1.165, 1.54) is 14.2 Å². The number of hydrogen-bond acceptors (Lipinski definition) is 4. The number of allylic oxidation sites excluding steroid dienone is 4. The third kappa shape index (κ3) is 5.60. The summed E-state index contributed by atoms with van der Waals surface area (Å²) in [5.41, 5.74) is 0. The first-order valence-electron chi connectivity index (χ1n) is 3.85. The smallest absolute Gasteiger partial charge is 0.409 e. The predicted octanol–water partition coefficient (Wildman–Crippen LogP) is 3.61. The van der Waals surface area contributed by atoms with Crippen molar-refractivity contribution < 1.29 is 18.1 Å². The van der Waals surface area contributed by atoms with E-state index in [-0.39, 0.29) is 0 Å². The Morgan fingerprint density at radius 3 is 2.07 bits per heavy atom. The van der Waals surface area contributed by atoms with E-state index in [4.69, 9.17) is 4.52 Å². The lowest BCUT2D eigenvalue weighted by atomic mass is 10.4. The zero-order chi connectivity index (χ0) is 11.2. The van der Waals surface area contributed by atoms with E-state index in [0.717, 1.165) is 4.48 Å². The molecule has 0 saturated carbocycles. The number of rotatable bonds is 5. The van der Waals surface area contributed by atoms with Crippen LogP contribution >= 0.6 is 23.8 Å². The van der Waals surface area contributed by atoms with Crippen LogP contribution in [0.3, 0.4) is 0 Å². The highest BCUT2D eigenvalue weighted by Gasteiger charge is 2.23. The zero-order valence-electron chi connectivity index (χ0n) is 8.61. The van der Waals surface area contributed by atoms with Gasteiger partial charge in [0.1, 0.15) is 5.76 Å². The molecule has 0 fully saturated rings. The fraction of sp³-hybridized carbons (Fsp3) is 0.500. The first-order valence-corrected chi connectivity index (χ1v) is 6.10. The van der Waals surface area contributed by atoms with Gasteiger partial charge in [0, 0.05) is 14.2 Å². The third-order valence-corrected chi connectivity index (χ3v) is 2.92. The van der Waals surface area contributed by atoms with Gasteiger partial charge < -0.3 is 4.52 Å². The summed E-state index contributed by atoms with van der Waals surface area (Å²) in [4.78, 5) is 0. The van der Waals surface area contributed by atoms with Crippen LogP contribution in [0.25, 0.3) is 0 Å². The second-order valence-electron chi connectivity index (χ2n) is 2.43. The monoisotopic (exact) mass is 284 g/mol. The van der Waals surface area contributed by atoms with Gasteiger partial charge in [0.05, 0.1) is 0 Å². The van der Waals surface area contributed by atoms with Crippen LogP contribution in [-0.2, 0) is 18.1 Å². The zero-order valence-corrected chi connectivity index (χ0v) is 11.1. The predicted molar refractivity (Wildman–Crippen MR) is 59.2 cm³/mol. The molecule has 0 N–H and O–H groups in total. The molecule has 0 aromatic carbocycles. The molecule has 0 rings (SSSR count). The van der Waals surface area contributed by atoms with Crippen molar-refractivity contribution >= 4 is 23.8 Å². The topological polar surface area (TPSA) is 44.8 Å². The molecule has 0 aliphatic carbocycles. The van der Waals surface area contributed by atoms with E-state index in [2.05, 4.69) is 25.0 Å². The summed E-state index contributed by atoms with van der Waals surface area (Å²) in [6, 6.07) is 0. The fourth-order valence-corrected chi connectivity index (χ4v) is 1.43. The van der Waals surface area contributed by atoms with Crippen molar-refractivity contribution in [1.82, 2.24) is 0 Å². The van der Waals surface area contributed by atoms with Crippen LogP contribution in [0.2, 0.25) is 0 Å². The quantitative estimate of drug-likeness (QED) is 0.440. The summed E-state index contributed by atoms with van der Waals surface area (Å²) in [7, 11) is -0.876. The van der Waals surface area contributed by atoms with Gasteiger partial charge >= 0.3 is 7.82 Å². The van der Waals surface area contributed by atoms with E-state index < -0.39 is 7.82 Å². The molecule has 0 saturated heterocycles. The van der Waals surface area contributed by atoms with Crippen molar-refractivity contribution in [2.45, 2.75) is 13.8 Å². The molecule has 4 nitrogen and oxygen atoms in total. The van der Waals surface area contributed by atoms with E-state index >= 15 is 0 Å². The van der Waals surface area contributed by atoms with Gasteiger partial charge in [-0.2, -0.15) is 0 Å². The van der Waals surface area contributed by atoms with Crippen LogP contribution in [0.4, 0.5) is 0 Å². The molecule has 6 heteroatoms. The van der Waals surface area contributed by atoms with Gasteiger partial charge in [0.25, 0.3) is 0 Å². The van der Waals surface area contributed by atoms with Crippen molar-refractivity contribution in [3.8, 4) is 0 Å². The van der Waals surface area contributed by atoms with Crippen LogP contribution in [0.1, 0.15) is 13.8 Å². The Labute approximate surface area is 92.7 Å². The van der Waals surface area contributed by atoms with E-state index in [1.54, 1.807) is 19.1 Å². The van der Waals surface area contributed by atoms with Crippen LogP contribution in [0, 0.1) is 0 Å². The summed E-state index contributed by atoms with van der Waals surface area (Å²) in [5, 5.41) is 0. The average Bonchev–Trinajstić information content (AvgIpc) is 2.14. The minimum absolute atomic E-state index is 0.454. The lowest BCUT2D eigenvalue weighted by Crippen LogP contribution is -1.92. The normalized spacial score (nSPS) is 14.4. The highest BCUT2D eigenvalue weighted by Crippen LogP contribution is 2.49. The van der Waals surface area contributed by atoms with Crippen molar-refractivity contribution in [3.63, 3.8) is 0 Å². The fourth-order valence-electron chi connectivity index (χ4n) is 0.588. The summed E-state index contributed by atoms with van der Waals surface area (Å²) < 4.78 is 26.6. The van der Waals surface area contributed by atoms with Gasteiger partial charge in [0.2, 0.25) is 0 Å². The summed E-state index contributed by atoms with van der Waals surface area (Å²) in [6.07, 6.45) is 3.43. The van der Waals surface area contributed by atoms with Gasteiger partial charge in [-0.1, -0.05) is 15.9 Å². The van der Waals surface area contributed by atoms with Crippen LogP contribution in [0.5, 0.6) is 0 Å². The Balaban J connectivity index is 4.45. The van der Waals surface area contributed by atoms with E-state index in [0.29, 0.717) is 5.76 Å². The molecular weight excluding hydrogens is 271 g/mol. The molecule has 14 heavy (non-hydrogen) atoms. The summed E-state index contributed by atoms with van der Waals surface area (Å²) in [5.74, 6) is 0.454. The molecule has 0 bridgehead atoms. The van der Waals surface area contributed by atoms with Gasteiger partial charge in [0.15, 0.2) is 0 Å². The highest BCUT2D eigenvalue weighted by molar-refractivity contribution is 9.11. The highest BCUT2D eigenvalue weighted by atomic mass is 79.9.